The number of hydrogen-bond acceptors (Lipinski definition) is 3. The molecule has 5 heteroatoms. The van der Waals surface area contributed by atoms with Gasteiger partial charge < -0.3 is 5.32 Å². The van der Waals surface area contributed by atoms with Crippen LogP contribution in [0.25, 0.3) is 0 Å². The first-order valence-electron chi connectivity index (χ1n) is 7.35. The molecule has 1 aliphatic heterocycles. The number of aryl methyl sites for hydroxylation is 1. The minimum absolute atomic E-state index is 0.0787. The van der Waals surface area contributed by atoms with Gasteiger partial charge in [-0.05, 0) is 38.4 Å². The van der Waals surface area contributed by atoms with Crippen molar-refractivity contribution in [3.8, 4) is 0 Å². The lowest BCUT2D eigenvalue weighted by atomic mass is 10.1. The van der Waals surface area contributed by atoms with Gasteiger partial charge in [-0.2, -0.15) is 4.31 Å². The van der Waals surface area contributed by atoms with Crippen molar-refractivity contribution in [2.45, 2.75) is 44.0 Å². The fourth-order valence-corrected chi connectivity index (χ4v) is 4.34. The predicted octanol–water partition coefficient (Wildman–Crippen LogP) is 2.15. The number of piperidine rings is 1. The number of sulfonamides is 1. The number of hydrogen-bond donors (Lipinski definition) is 1. The molecule has 1 unspecified atom stereocenters. The molecule has 0 radical (unpaired) electrons. The fourth-order valence-electron chi connectivity index (χ4n) is 2.65. The molecule has 1 fully saturated rings. The van der Waals surface area contributed by atoms with Gasteiger partial charge in [0.25, 0.3) is 0 Å². The van der Waals surface area contributed by atoms with E-state index >= 15 is 0 Å². The van der Waals surface area contributed by atoms with E-state index in [9.17, 15) is 8.42 Å². The van der Waals surface area contributed by atoms with Gasteiger partial charge in [-0.1, -0.05) is 31.0 Å². The van der Waals surface area contributed by atoms with Crippen LogP contribution < -0.4 is 5.32 Å². The van der Waals surface area contributed by atoms with Crippen LogP contribution in [0.3, 0.4) is 0 Å². The summed E-state index contributed by atoms with van der Waals surface area (Å²) in [6.07, 6.45) is 3.00. The second-order valence-corrected chi connectivity index (χ2v) is 7.28. The lowest BCUT2D eigenvalue weighted by molar-refractivity contribution is 0.246. The van der Waals surface area contributed by atoms with E-state index < -0.39 is 10.0 Å². The van der Waals surface area contributed by atoms with Gasteiger partial charge in [0.1, 0.15) is 0 Å². The van der Waals surface area contributed by atoms with Crippen molar-refractivity contribution in [1.29, 1.82) is 0 Å². The van der Waals surface area contributed by atoms with E-state index in [1.54, 1.807) is 16.4 Å². The summed E-state index contributed by atoms with van der Waals surface area (Å²) in [5, 5.41) is 3.27. The normalized spacial score (nSPS) is 21.0. The van der Waals surface area contributed by atoms with Gasteiger partial charge in [-0.15, -0.1) is 0 Å². The molecule has 4 nitrogen and oxygen atoms in total. The fraction of sp³-hybridized carbons (Fsp3) is 0.600. The topological polar surface area (TPSA) is 49.4 Å². The van der Waals surface area contributed by atoms with Crippen LogP contribution in [-0.2, 0) is 10.0 Å². The maximum Gasteiger partial charge on any atom is 0.243 e. The van der Waals surface area contributed by atoms with E-state index in [0.717, 1.165) is 37.9 Å². The van der Waals surface area contributed by atoms with Gasteiger partial charge in [0, 0.05) is 19.1 Å². The minimum Gasteiger partial charge on any atom is -0.315 e. The predicted molar refractivity (Wildman–Crippen MR) is 81.3 cm³/mol. The van der Waals surface area contributed by atoms with Gasteiger partial charge in [0.05, 0.1) is 4.90 Å². The highest BCUT2D eigenvalue weighted by Crippen LogP contribution is 2.25. The zero-order valence-corrected chi connectivity index (χ0v) is 13.1. The molecule has 1 aromatic rings. The molecule has 1 heterocycles. The molecule has 0 spiro atoms. The Bertz CT molecular complexity index is 525. The smallest absolute Gasteiger partial charge is 0.243 e. The Morgan fingerprint density at radius 1 is 1.25 bits per heavy atom. The van der Waals surface area contributed by atoms with Gasteiger partial charge >= 0.3 is 0 Å². The molecular formula is C15H24N2O2S. The molecular weight excluding hydrogens is 272 g/mol. The quantitative estimate of drug-likeness (QED) is 0.906. The van der Waals surface area contributed by atoms with Crippen LogP contribution in [0.5, 0.6) is 0 Å². The van der Waals surface area contributed by atoms with Crippen LogP contribution in [0.15, 0.2) is 29.2 Å². The summed E-state index contributed by atoms with van der Waals surface area (Å²) in [6, 6.07) is 7.22. The third kappa shape index (κ3) is 3.40. The van der Waals surface area contributed by atoms with Crippen LogP contribution in [0.1, 0.15) is 31.7 Å². The second kappa shape index (κ2) is 6.70. The molecule has 2 rings (SSSR count). The Kier molecular flexibility index (Phi) is 5.18. The zero-order valence-electron chi connectivity index (χ0n) is 12.3. The van der Waals surface area contributed by atoms with Crippen molar-refractivity contribution in [1.82, 2.24) is 9.62 Å². The lowest BCUT2D eigenvalue weighted by Gasteiger charge is -2.34. The third-order valence-corrected chi connectivity index (χ3v) is 5.80. The SMILES string of the molecule is CCNCC1CCCCN1S(=O)(=O)c1ccc(C)cc1. The van der Waals surface area contributed by atoms with Crippen molar-refractivity contribution in [3.05, 3.63) is 29.8 Å². The number of rotatable bonds is 5. The number of likely N-dealkylation sites (N-methyl/N-ethyl adjacent to an activating group) is 1. The van der Waals surface area contributed by atoms with Gasteiger partial charge in [-0.3, -0.25) is 0 Å². The standard InChI is InChI=1S/C15H24N2O2S/c1-3-16-12-14-6-4-5-11-17(14)20(18,19)15-9-7-13(2)8-10-15/h7-10,14,16H,3-6,11-12H2,1-2H3. The van der Waals surface area contributed by atoms with Crippen molar-refractivity contribution in [2.75, 3.05) is 19.6 Å². The maximum absolute atomic E-state index is 12.8. The van der Waals surface area contributed by atoms with E-state index in [2.05, 4.69) is 5.32 Å². The molecule has 20 heavy (non-hydrogen) atoms. The van der Waals surface area contributed by atoms with Crippen LogP contribution in [0.4, 0.5) is 0 Å². The maximum atomic E-state index is 12.8. The molecule has 1 N–H and O–H groups in total. The Balaban J connectivity index is 2.23. The largest absolute Gasteiger partial charge is 0.315 e. The Hall–Kier alpha value is -0.910. The van der Waals surface area contributed by atoms with E-state index in [1.165, 1.54) is 0 Å². The van der Waals surface area contributed by atoms with Crippen LogP contribution in [0.2, 0.25) is 0 Å². The molecule has 0 aliphatic carbocycles. The summed E-state index contributed by atoms with van der Waals surface area (Å²) in [4.78, 5) is 0.409. The zero-order chi connectivity index (χ0) is 14.6. The summed E-state index contributed by atoms with van der Waals surface area (Å²) in [6.45, 7) is 6.25. The van der Waals surface area contributed by atoms with Crippen molar-refractivity contribution < 1.29 is 8.42 Å². The van der Waals surface area contributed by atoms with Crippen molar-refractivity contribution in [3.63, 3.8) is 0 Å². The molecule has 1 aliphatic rings. The number of nitrogens with zero attached hydrogens (tertiary/aromatic N) is 1. The number of nitrogens with one attached hydrogen (secondary N) is 1. The minimum atomic E-state index is -3.37. The molecule has 0 bridgehead atoms. The van der Waals surface area contributed by atoms with E-state index in [-0.39, 0.29) is 6.04 Å². The molecule has 0 saturated carbocycles. The molecule has 112 valence electrons. The van der Waals surface area contributed by atoms with E-state index in [0.29, 0.717) is 11.4 Å². The summed E-state index contributed by atoms with van der Waals surface area (Å²) in [5.41, 5.74) is 1.08. The van der Waals surface area contributed by atoms with E-state index in [4.69, 9.17) is 0 Å². The summed E-state index contributed by atoms with van der Waals surface area (Å²) >= 11 is 0. The molecule has 0 amide bonds. The van der Waals surface area contributed by atoms with Crippen molar-refractivity contribution >= 4 is 10.0 Å². The highest BCUT2D eigenvalue weighted by Gasteiger charge is 2.32. The lowest BCUT2D eigenvalue weighted by Crippen LogP contribution is -2.48. The molecule has 1 aromatic carbocycles. The van der Waals surface area contributed by atoms with Crippen LogP contribution >= 0.6 is 0 Å². The Labute approximate surface area is 122 Å². The summed E-state index contributed by atoms with van der Waals surface area (Å²) in [7, 11) is -3.37. The van der Waals surface area contributed by atoms with Crippen LogP contribution in [-0.4, -0.2) is 38.4 Å². The average Bonchev–Trinajstić information content (AvgIpc) is 2.46. The summed E-state index contributed by atoms with van der Waals surface area (Å²) in [5.74, 6) is 0. The highest BCUT2D eigenvalue weighted by molar-refractivity contribution is 7.89. The summed E-state index contributed by atoms with van der Waals surface area (Å²) < 4.78 is 27.2. The first kappa shape index (κ1) is 15.5. The molecule has 1 saturated heterocycles. The van der Waals surface area contributed by atoms with E-state index in [1.807, 2.05) is 26.0 Å². The van der Waals surface area contributed by atoms with Gasteiger partial charge in [0.2, 0.25) is 10.0 Å². The first-order valence-corrected chi connectivity index (χ1v) is 8.79. The third-order valence-electron chi connectivity index (χ3n) is 3.83. The van der Waals surface area contributed by atoms with Crippen molar-refractivity contribution in [2.24, 2.45) is 0 Å². The number of benzene rings is 1. The van der Waals surface area contributed by atoms with Gasteiger partial charge in [-0.25, -0.2) is 8.42 Å². The second-order valence-electron chi connectivity index (χ2n) is 5.39. The Morgan fingerprint density at radius 2 is 1.95 bits per heavy atom. The molecule has 1 atom stereocenters. The highest BCUT2D eigenvalue weighted by atomic mass is 32.2. The first-order chi connectivity index (χ1) is 9.55. The Morgan fingerprint density at radius 3 is 2.60 bits per heavy atom. The molecule has 0 aromatic heterocycles. The average molecular weight is 296 g/mol. The monoisotopic (exact) mass is 296 g/mol. The van der Waals surface area contributed by atoms with Crippen LogP contribution in [0, 0.1) is 6.92 Å². The van der Waals surface area contributed by atoms with Gasteiger partial charge in [0.15, 0.2) is 0 Å².